The first-order chi connectivity index (χ1) is 18.8. The molecule has 0 bridgehead atoms. The van der Waals surface area contributed by atoms with Gasteiger partial charge in [0.25, 0.3) is 5.91 Å². The van der Waals surface area contributed by atoms with E-state index in [2.05, 4.69) is 24.5 Å². The van der Waals surface area contributed by atoms with Crippen molar-refractivity contribution in [2.45, 2.75) is 71.4 Å². The summed E-state index contributed by atoms with van der Waals surface area (Å²) in [6.45, 7) is 10.8. The van der Waals surface area contributed by atoms with Crippen molar-refractivity contribution in [2.24, 2.45) is 17.8 Å². The van der Waals surface area contributed by atoms with Crippen molar-refractivity contribution >= 4 is 11.7 Å². The summed E-state index contributed by atoms with van der Waals surface area (Å²) >= 11 is 0. The average molecular weight is 546 g/mol. The number of nitrogens with zero attached hydrogens (tertiary/aromatic N) is 1. The molecule has 1 amide bonds. The van der Waals surface area contributed by atoms with Gasteiger partial charge in [0, 0.05) is 51.9 Å². The topological polar surface area (TPSA) is 89.1 Å². The maximum Gasteiger partial charge on any atom is 0.254 e. The fourth-order valence-electron chi connectivity index (χ4n) is 5.97. The zero-order valence-corrected chi connectivity index (χ0v) is 24.8. The monoisotopic (exact) mass is 545 g/mol. The molecule has 3 atom stereocenters. The Balaban J connectivity index is 1.55. The Bertz CT molecular complexity index is 902. The van der Waals surface area contributed by atoms with E-state index in [9.17, 15) is 9.59 Å². The van der Waals surface area contributed by atoms with E-state index >= 15 is 0 Å². The third-order valence-corrected chi connectivity index (χ3v) is 8.34. The van der Waals surface area contributed by atoms with Crippen LogP contribution in [0.3, 0.4) is 0 Å². The number of hydrogen-bond donors (Lipinski definition) is 2. The molecule has 2 fully saturated rings. The van der Waals surface area contributed by atoms with E-state index in [1.165, 1.54) is 19.3 Å². The summed E-state index contributed by atoms with van der Waals surface area (Å²) in [7, 11) is 3.34. The molecule has 1 aliphatic heterocycles. The van der Waals surface area contributed by atoms with Crippen LogP contribution in [0.5, 0.6) is 5.75 Å². The van der Waals surface area contributed by atoms with Gasteiger partial charge in [-0.2, -0.15) is 0 Å². The SMILES string of the molecule is COCCCOc1cc(C(=O)N(C[C@@H]2CNC[C@H]2CNCC(=O)[C@@H](OC)C2CCCCC2)C(C)C)ccc1C. The second kappa shape index (κ2) is 16.3. The minimum Gasteiger partial charge on any atom is -0.493 e. The predicted octanol–water partition coefficient (Wildman–Crippen LogP) is 3.85. The number of carbonyl (C=O) groups excluding carboxylic acids is 2. The van der Waals surface area contributed by atoms with E-state index in [1.807, 2.05) is 30.0 Å². The summed E-state index contributed by atoms with van der Waals surface area (Å²) in [6.07, 6.45) is 6.32. The first-order valence-electron chi connectivity index (χ1n) is 14.9. The molecule has 1 saturated heterocycles. The first-order valence-corrected chi connectivity index (χ1v) is 14.9. The van der Waals surface area contributed by atoms with Crippen LogP contribution in [0, 0.1) is 24.7 Å². The Morgan fingerprint density at radius 1 is 1.08 bits per heavy atom. The Kier molecular flexibility index (Phi) is 13.2. The number of aryl methyl sites for hydroxylation is 1. The first kappa shape index (κ1) is 31.5. The molecule has 1 aromatic carbocycles. The van der Waals surface area contributed by atoms with Crippen LogP contribution in [0.2, 0.25) is 0 Å². The molecule has 2 aliphatic rings. The number of benzene rings is 1. The summed E-state index contributed by atoms with van der Waals surface area (Å²) in [6, 6.07) is 5.79. The smallest absolute Gasteiger partial charge is 0.254 e. The van der Waals surface area contributed by atoms with Gasteiger partial charge in [-0.05, 0) is 82.2 Å². The van der Waals surface area contributed by atoms with Crippen LogP contribution in [0.15, 0.2) is 18.2 Å². The van der Waals surface area contributed by atoms with Gasteiger partial charge in [-0.15, -0.1) is 0 Å². The molecule has 8 nitrogen and oxygen atoms in total. The number of nitrogens with one attached hydrogen (secondary N) is 2. The molecule has 220 valence electrons. The number of rotatable bonds is 16. The Morgan fingerprint density at radius 3 is 2.51 bits per heavy atom. The normalized spacial score (nSPS) is 20.8. The van der Waals surface area contributed by atoms with Crippen molar-refractivity contribution in [1.29, 1.82) is 0 Å². The molecule has 0 aromatic heterocycles. The van der Waals surface area contributed by atoms with Crippen molar-refractivity contribution in [3.8, 4) is 5.75 Å². The lowest BCUT2D eigenvalue weighted by Gasteiger charge is -2.32. The molecule has 0 spiro atoms. The van der Waals surface area contributed by atoms with Crippen molar-refractivity contribution < 1.29 is 23.8 Å². The molecule has 1 heterocycles. The summed E-state index contributed by atoms with van der Waals surface area (Å²) in [5.41, 5.74) is 1.66. The minimum atomic E-state index is -0.298. The van der Waals surface area contributed by atoms with Crippen molar-refractivity contribution in [3.05, 3.63) is 29.3 Å². The van der Waals surface area contributed by atoms with Crippen LogP contribution in [-0.4, -0.2) is 88.9 Å². The summed E-state index contributed by atoms with van der Waals surface area (Å²) in [4.78, 5) is 28.5. The van der Waals surface area contributed by atoms with Crippen LogP contribution in [-0.2, 0) is 14.3 Å². The second-order valence-electron chi connectivity index (χ2n) is 11.6. The summed E-state index contributed by atoms with van der Waals surface area (Å²) in [5.74, 6) is 1.94. The van der Waals surface area contributed by atoms with Gasteiger partial charge in [0.15, 0.2) is 5.78 Å². The van der Waals surface area contributed by atoms with E-state index in [0.29, 0.717) is 49.6 Å². The number of ether oxygens (including phenoxy) is 3. The fraction of sp³-hybridized carbons (Fsp3) is 0.742. The van der Waals surface area contributed by atoms with Gasteiger partial charge in [0.05, 0.1) is 13.2 Å². The molecule has 0 radical (unpaired) electrons. The van der Waals surface area contributed by atoms with E-state index < -0.39 is 0 Å². The van der Waals surface area contributed by atoms with Gasteiger partial charge in [0.1, 0.15) is 11.9 Å². The molecular formula is C31H51N3O5. The number of ketones is 1. The van der Waals surface area contributed by atoms with E-state index in [1.54, 1.807) is 14.2 Å². The maximum absolute atomic E-state index is 13.6. The number of carbonyl (C=O) groups is 2. The number of methoxy groups -OCH3 is 2. The molecule has 0 unspecified atom stereocenters. The highest BCUT2D eigenvalue weighted by Crippen LogP contribution is 2.28. The molecular weight excluding hydrogens is 494 g/mol. The van der Waals surface area contributed by atoms with E-state index in [4.69, 9.17) is 14.2 Å². The lowest BCUT2D eigenvalue weighted by molar-refractivity contribution is -0.131. The van der Waals surface area contributed by atoms with Gasteiger partial charge in [-0.3, -0.25) is 9.59 Å². The molecule has 8 heteroatoms. The zero-order chi connectivity index (χ0) is 28.2. The Morgan fingerprint density at radius 2 is 1.82 bits per heavy atom. The average Bonchev–Trinajstić information content (AvgIpc) is 3.38. The lowest BCUT2D eigenvalue weighted by atomic mass is 9.83. The van der Waals surface area contributed by atoms with Gasteiger partial charge >= 0.3 is 0 Å². The molecule has 39 heavy (non-hydrogen) atoms. The number of Topliss-reactive ketones (excluding diaryl/α,β-unsaturated/α-hetero) is 1. The van der Waals surface area contributed by atoms with Crippen molar-refractivity contribution in [2.75, 3.05) is 60.2 Å². The third-order valence-electron chi connectivity index (χ3n) is 8.34. The summed E-state index contributed by atoms with van der Waals surface area (Å²) < 4.78 is 16.7. The van der Waals surface area contributed by atoms with Gasteiger partial charge < -0.3 is 29.7 Å². The largest absolute Gasteiger partial charge is 0.493 e. The van der Waals surface area contributed by atoms with Crippen LogP contribution in [0.4, 0.5) is 0 Å². The quantitative estimate of drug-likeness (QED) is 0.305. The van der Waals surface area contributed by atoms with Crippen LogP contribution >= 0.6 is 0 Å². The van der Waals surface area contributed by atoms with Crippen molar-refractivity contribution in [3.63, 3.8) is 0 Å². The van der Waals surface area contributed by atoms with Gasteiger partial charge in [-0.1, -0.05) is 25.3 Å². The summed E-state index contributed by atoms with van der Waals surface area (Å²) in [5, 5.41) is 6.92. The molecule has 1 aliphatic carbocycles. The Hall–Kier alpha value is -2.00. The van der Waals surface area contributed by atoms with E-state index in [0.717, 1.165) is 50.2 Å². The highest BCUT2D eigenvalue weighted by Gasteiger charge is 2.33. The molecule has 2 N–H and O–H groups in total. The molecule has 1 aromatic rings. The van der Waals surface area contributed by atoms with Crippen LogP contribution in [0.25, 0.3) is 0 Å². The van der Waals surface area contributed by atoms with Gasteiger partial charge in [0.2, 0.25) is 0 Å². The minimum absolute atomic E-state index is 0.0240. The van der Waals surface area contributed by atoms with Crippen molar-refractivity contribution in [1.82, 2.24) is 15.5 Å². The Labute approximate surface area is 235 Å². The number of amides is 1. The second-order valence-corrected chi connectivity index (χ2v) is 11.6. The lowest BCUT2D eigenvalue weighted by Crippen LogP contribution is -2.44. The zero-order valence-electron chi connectivity index (χ0n) is 24.8. The third kappa shape index (κ3) is 9.27. The molecule has 1 saturated carbocycles. The highest BCUT2D eigenvalue weighted by molar-refractivity contribution is 5.95. The standard InChI is InChI=1S/C31H51N3O5/c1-22(2)34(31(36)25-13-12-23(3)29(16-25)39-15-9-14-37-4)21-27-19-32-17-26(27)18-33-20-28(35)30(38-5)24-10-7-6-8-11-24/h12-13,16,22,24,26-27,30,32-33H,6-11,14-15,17-21H2,1-5H3/t26-,27-,30-/m0/s1. The molecule has 3 rings (SSSR count). The maximum atomic E-state index is 13.6. The van der Waals surface area contributed by atoms with Crippen LogP contribution < -0.4 is 15.4 Å². The highest BCUT2D eigenvalue weighted by atomic mass is 16.5. The van der Waals surface area contributed by atoms with Gasteiger partial charge in [-0.25, -0.2) is 0 Å². The van der Waals surface area contributed by atoms with Crippen LogP contribution in [0.1, 0.15) is 68.3 Å². The fourth-order valence-corrected chi connectivity index (χ4v) is 5.97. The van der Waals surface area contributed by atoms with E-state index in [-0.39, 0.29) is 23.8 Å². The predicted molar refractivity (Wildman–Crippen MR) is 154 cm³/mol. The number of hydrogen-bond acceptors (Lipinski definition) is 7.